The van der Waals surface area contributed by atoms with Gasteiger partial charge in [0.2, 0.25) is 0 Å². The molecule has 0 bridgehead atoms. The zero-order valence-corrected chi connectivity index (χ0v) is 16.3. The van der Waals surface area contributed by atoms with Crippen molar-refractivity contribution in [3.63, 3.8) is 0 Å². The van der Waals surface area contributed by atoms with Crippen LogP contribution in [0.1, 0.15) is 20.7 Å². The Bertz CT molecular complexity index is 1290. The number of carboxylic acids is 1. The second-order valence-corrected chi connectivity index (χ2v) is 6.65. The predicted molar refractivity (Wildman–Crippen MR) is 113 cm³/mol. The molecule has 0 aromatic heterocycles. The average molecular weight is 402 g/mol. The molecule has 150 valence electrons. The maximum atomic E-state index is 12.6. The van der Waals surface area contributed by atoms with Crippen molar-refractivity contribution in [3.05, 3.63) is 77.9 Å². The molecule has 0 spiro atoms. The Morgan fingerprint density at radius 3 is 2.13 bits per heavy atom. The molecule has 0 saturated heterocycles. The highest BCUT2D eigenvalue weighted by Gasteiger charge is 2.16. The number of hydrogen-bond acceptors (Lipinski definition) is 5. The first-order chi connectivity index (χ1) is 14.5. The van der Waals surface area contributed by atoms with Crippen molar-refractivity contribution >= 4 is 33.5 Å². The van der Waals surface area contributed by atoms with E-state index in [1.807, 2.05) is 24.3 Å². The molecule has 0 fully saturated rings. The van der Waals surface area contributed by atoms with Crippen molar-refractivity contribution in [3.8, 4) is 17.2 Å². The van der Waals surface area contributed by atoms with Gasteiger partial charge in [0.1, 0.15) is 22.8 Å². The minimum Gasteiger partial charge on any atom is -0.497 e. The van der Waals surface area contributed by atoms with Crippen LogP contribution in [0.15, 0.2) is 66.7 Å². The molecule has 0 heterocycles. The molecule has 1 N–H and O–H groups in total. The Kier molecular flexibility index (Phi) is 4.98. The Balaban J connectivity index is 1.63. The lowest BCUT2D eigenvalue weighted by molar-refractivity contribution is 0.0691. The summed E-state index contributed by atoms with van der Waals surface area (Å²) < 4.78 is 16.0. The van der Waals surface area contributed by atoms with Crippen LogP contribution in [0.4, 0.5) is 0 Å². The van der Waals surface area contributed by atoms with Crippen LogP contribution in [0.3, 0.4) is 0 Å². The molecule has 4 aromatic carbocycles. The fourth-order valence-corrected chi connectivity index (χ4v) is 3.37. The molecule has 0 atom stereocenters. The monoisotopic (exact) mass is 402 g/mol. The molecule has 30 heavy (non-hydrogen) atoms. The van der Waals surface area contributed by atoms with Crippen molar-refractivity contribution in [2.75, 3.05) is 14.2 Å². The van der Waals surface area contributed by atoms with E-state index in [2.05, 4.69) is 0 Å². The lowest BCUT2D eigenvalue weighted by Crippen LogP contribution is -2.08. The molecule has 6 nitrogen and oxygen atoms in total. The van der Waals surface area contributed by atoms with Gasteiger partial charge in [-0.1, -0.05) is 18.2 Å². The maximum Gasteiger partial charge on any atom is 0.343 e. The second-order valence-electron chi connectivity index (χ2n) is 6.65. The summed E-state index contributed by atoms with van der Waals surface area (Å²) in [6.07, 6.45) is 0. The average Bonchev–Trinajstić information content (AvgIpc) is 2.77. The van der Waals surface area contributed by atoms with E-state index in [1.165, 1.54) is 13.2 Å². The van der Waals surface area contributed by atoms with Crippen LogP contribution in [-0.4, -0.2) is 31.3 Å². The fraction of sp³-hybridized carbons (Fsp3) is 0.0833. The van der Waals surface area contributed by atoms with Gasteiger partial charge in [-0.15, -0.1) is 0 Å². The first-order valence-corrected chi connectivity index (χ1v) is 9.14. The lowest BCUT2D eigenvalue weighted by atomic mass is 10.0. The number of carbonyl (C=O) groups is 2. The van der Waals surface area contributed by atoms with Crippen molar-refractivity contribution in [1.82, 2.24) is 0 Å². The van der Waals surface area contributed by atoms with Crippen LogP contribution in [0.5, 0.6) is 17.2 Å². The third kappa shape index (κ3) is 3.51. The summed E-state index contributed by atoms with van der Waals surface area (Å²) in [5, 5.41) is 12.5. The number of carboxylic acid groups (broad SMARTS) is 1. The molecule has 0 aliphatic carbocycles. The van der Waals surface area contributed by atoms with Crippen molar-refractivity contribution in [2.45, 2.75) is 0 Å². The minimum atomic E-state index is -1.07. The number of esters is 1. The van der Waals surface area contributed by atoms with Gasteiger partial charge in [-0.25, -0.2) is 9.59 Å². The van der Waals surface area contributed by atoms with Crippen molar-refractivity contribution < 1.29 is 28.9 Å². The number of hydrogen-bond donors (Lipinski definition) is 1. The van der Waals surface area contributed by atoms with Gasteiger partial charge < -0.3 is 19.3 Å². The molecule has 4 rings (SSSR count). The van der Waals surface area contributed by atoms with E-state index in [-0.39, 0.29) is 11.3 Å². The fourth-order valence-electron chi connectivity index (χ4n) is 3.37. The topological polar surface area (TPSA) is 82.1 Å². The van der Waals surface area contributed by atoms with E-state index in [0.29, 0.717) is 22.1 Å². The van der Waals surface area contributed by atoms with Gasteiger partial charge in [0.15, 0.2) is 0 Å². The first-order valence-electron chi connectivity index (χ1n) is 9.14. The van der Waals surface area contributed by atoms with E-state index in [1.54, 1.807) is 43.5 Å². The van der Waals surface area contributed by atoms with E-state index in [9.17, 15) is 14.7 Å². The molecule has 6 heteroatoms. The zero-order chi connectivity index (χ0) is 21.3. The number of methoxy groups -OCH3 is 2. The van der Waals surface area contributed by atoms with Crippen LogP contribution >= 0.6 is 0 Å². The molecule has 0 radical (unpaired) electrons. The molecule has 0 saturated carbocycles. The number of benzene rings is 4. The third-order valence-corrected chi connectivity index (χ3v) is 4.87. The number of fused-ring (bicyclic) bond motifs is 2. The summed E-state index contributed by atoms with van der Waals surface area (Å²) in [6, 6.07) is 19.0. The van der Waals surface area contributed by atoms with Gasteiger partial charge in [0.05, 0.1) is 19.8 Å². The SMILES string of the molecule is COc1ccc2cc(C(=O)Oc3ccc4c(OC)c(C(=O)O)ccc4c3)ccc2c1. The van der Waals surface area contributed by atoms with Crippen molar-refractivity contribution in [1.29, 1.82) is 0 Å². The summed E-state index contributed by atoms with van der Waals surface area (Å²) >= 11 is 0. The number of aromatic carboxylic acids is 1. The lowest BCUT2D eigenvalue weighted by Gasteiger charge is -2.11. The Morgan fingerprint density at radius 1 is 0.733 bits per heavy atom. The highest BCUT2D eigenvalue weighted by molar-refractivity contribution is 6.01. The summed E-state index contributed by atoms with van der Waals surface area (Å²) in [7, 11) is 3.03. The molecule has 4 aromatic rings. The smallest absolute Gasteiger partial charge is 0.343 e. The highest BCUT2D eigenvalue weighted by Crippen LogP contribution is 2.32. The Labute approximate surface area is 172 Å². The van der Waals surface area contributed by atoms with Crippen molar-refractivity contribution in [2.24, 2.45) is 0 Å². The molecule has 0 aliphatic rings. The number of rotatable bonds is 5. The number of ether oxygens (including phenoxy) is 3. The third-order valence-electron chi connectivity index (χ3n) is 4.87. The van der Waals surface area contributed by atoms with Crippen LogP contribution in [0.25, 0.3) is 21.5 Å². The van der Waals surface area contributed by atoms with E-state index in [0.717, 1.165) is 16.5 Å². The van der Waals surface area contributed by atoms with Gasteiger partial charge in [0.25, 0.3) is 0 Å². The molecule has 0 aliphatic heterocycles. The normalized spacial score (nSPS) is 10.7. The standard InChI is InChI=1S/C24H18O6/c1-28-18-7-5-14-11-17(4-3-15(14)12-18)24(27)30-19-8-10-20-16(13-19)6-9-21(23(25)26)22(20)29-2/h3-13H,1-2H3,(H,25,26). The molecule has 0 amide bonds. The van der Waals surface area contributed by atoms with Crippen LogP contribution in [0, 0.1) is 0 Å². The number of carbonyl (C=O) groups excluding carboxylic acids is 1. The van der Waals surface area contributed by atoms with E-state index in [4.69, 9.17) is 14.2 Å². The first kappa shape index (κ1) is 19.3. The van der Waals surface area contributed by atoms with Gasteiger partial charge in [-0.05, 0) is 64.7 Å². The van der Waals surface area contributed by atoms with Crippen LogP contribution < -0.4 is 14.2 Å². The van der Waals surface area contributed by atoms with Gasteiger partial charge in [0, 0.05) is 5.39 Å². The van der Waals surface area contributed by atoms with Gasteiger partial charge in [-0.2, -0.15) is 0 Å². The Morgan fingerprint density at radius 2 is 1.40 bits per heavy atom. The summed E-state index contributed by atoms with van der Waals surface area (Å²) in [5.74, 6) is -0.190. The zero-order valence-electron chi connectivity index (χ0n) is 16.3. The molecular weight excluding hydrogens is 384 g/mol. The highest BCUT2D eigenvalue weighted by atomic mass is 16.5. The predicted octanol–water partition coefficient (Wildman–Crippen LogP) is 4.93. The second kappa shape index (κ2) is 7.75. The minimum absolute atomic E-state index is 0.0718. The van der Waals surface area contributed by atoms with Gasteiger partial charge >= 0.3 is 11.9 Å². The quantitative estimate of drug-likeness (QED) is 0.377. The van der Waals surface area contributed by atoms with E-state index < -0.39 is 11.9 Å². The van der Waals surface area contributed by atoms with E-state index >= 15 is 0 Å². The summed E-state index contributed by atoms with van der Waals surface area (Å²) in [5.41, 5.74) is 0.495. The molecule has 0 unspecified atom stereocenters. The summed E-state index contributed by atoms with van der Waals surface area (Å²) in [6.45, 7) is 0. The largest absolute Gasteiger partial charge is 0.497 e. The van der Waals surface area contributed by atoms with Crippen LogP contribution in [0.2, 0.25) is 0 Å². The van der Waals surface area contributed by atoms with Crippen LogP contribution in [-0.2, 0) is 0 Å². The molecular formula is C24H18O6. The Hall–Kier alpha value is -4.06. The summed E-state index contributed by atoms with van der Waals surface area (Å²) in [4.78, 5) is 24.0. The van der Waals surface area contributed by atoms with Gasteiger partial charge in [-0.3, -0.25) is 0 Å². The maximum absolute atomic E-state index is 12.6.